The maximum Gasteiger partial charge on any atom is 0.282 e. The van der Waals surface area contributed by atoms with Crippen LogP contribution in [-0.4, -0.2) is 22.7 Å². The number of halogens is 1. The molecule has 0 atom stereocenters. The molecule has 0 radical (unpaired) electrons. The minimum Gasteiger partial charge on any atom is -0.273 e. The van der Waals surface area contributed by atoms with Crippen LogP contribution in [0, 0.1) is 5.92 Å². The van der Waals surface area contributed by atoms with Gasteiger partial charge in [0.1, 0.15) is 0 Å². The van der Waals surface area contributed by atoms with E-state index in [9.17, 15) is 14.4 Å². The highest BCUT2D eigenvalue weighted by Gasteiger charge is 2.39. The van der Waals surface area contributed by atoms with Crippen molar-refractivity contribution in [3.05, 3.63) is 34.3 Å². The Balaban J connectivity index is 1.83. The Morgan fingerprint density at radius 3 is 2.55 bits per heavy atom. The Labute approximate surface area is 120 Å². The summed E-state index contributed by atoms with van der Waals surface area (Å²) in [5.74, 6) is -1.48. The fraction of sp³-hybridized carbons (Fsp3) is 0.357. The van der Waals surface area contributed by atoms with Gasteiger partial charge in [0.05, 0.1) is 16.1 Å². The lowest BCUT2D eigenvalue weighted by Crippen LogP contribution is -2.47. The van der Waals surface area contributed by atoms with Crippen molar-refractivity contribution < 1.29 is 14.4 Å². The van der Waals surface area contributed by atoms with Gasteiger partial charge in [0, 0.05) is 5.92 Å². The number of hydrogen-bond acceptors (Lipinski definition) is 3. The average Bonchev–Trinajstić information content (AvgIpc) is 3.03. The van der Waals surface area contributed by atoms with E-state index in [1.807, 2.05) is 0 Å². The fourth-order valence-corrected chi connectivity index (χ4v) is 2.99. The largest absolute Gasteiger partial charge is 0.282 e. The van der Waals surface area contributed by atoms with Gasteiger partial charge in [-0.1, -0.05) is 30.5 Å². The van der Waals surface area contributed by atoms with E-state index >= 15 is 0 Å². The first kappa shape index (κ1) is 13.1. The predicted molar refractivity (Wildman–Crippen MR) is 72.1 cm³/mol. The number of imide groups is 1. The van der Waals surface area contributed by atoms with Crippen LogP contribution in [0.3, 0.4) is 0 Å². The second-order valence-corrected chi connectivity index (χ2v) is 5.47. The lowest BCUT2D eigenvalue weighted by molar-refractivity contribution is -0.128. The zero-order valence-corrected chi connectivity index (χ0v) is 11.4. The highest BCUT2D eigenvalue weighted by molar-refractivity contribution is 6.37. The Kier molecular flexibility index (Phi) is 3.22. The summed E-state index contributed by atoms with van der Waals surface area (Å²) in [6.45, 7) is 0. The van der Waals surface area contributed by atoms with Crippen molar-refractivity contribution in [1.82, 2.24) is 10.4 Å². The Hall–Kier alpha value is -1.88. The third kappa shape index (κ3) is 1.98. The van der Waals surface area contributed by atoms with Crippen LogP contribution >= 0.6 is 11.6 Å². The van der Waals surface area contributed by atoms with Gasteiger partial charge in [-0.2, -0.15) is 5.01 Å². The minimum absolute atomic E-state index is 0.116. The van der Waals surface area contributed by atoms with Crippen LogP contribution in [0.1, 0.15) is 46.4 Å². The summed E-state index contributed by atoms with van der Waals surface area (Å²) >= 11 is 5.95. The van der Waals surface area contributed by atoms with Crippen LogP contribution in [0.4, 0.5) is 0 Å². The summed E-state index contributed by atoms with van der Waals surface area (Å²) in [5, 5.41) is 0.996. The highest BCUT2D eigenvalue weighted by Crippen LogP contribution is 2.29. The summed E-state index contributed by atoms with van der Waals surface area (Å²) in [7, 11) is 0. The summed E-state index contributed by atoms with van der Waals surface area (Å²) < 4.78 is 0. The molecular weight excluding hydrogens is 280 g/mol. The molecule has 5 nitrogen and oxygen atoms in total. The number of amides is 3. The van der Waals surface area contributed by atoms with E-state index in [-0.39, 0.29) is 28.0 Å². The maximum atomic E-state index is 12.2. The molecule has 1 heterocycles. The normalized spacial score (nSPS) is 18.6. The second-order valence-electron chi connectivity index (χ2n) is 5.07. The van der Waals surface area contributed by atoms with Crippen LogP contribution < -0.4 is 5.43 Å². The number of hydrogen-bond donors (Lipinski definition) is 1. The summed E-state index contributed by atoms with van der Waals surface area (Å²) in [6, 6.07) is 4.69. The number of nitrogens with one attached hydrogen (secondary N) is 1. The summed E-state index contributed by atoms with van der Waals surface area (Å²) in [6.07, 6.45) is 3.61. The molecule has 3 rings (SSSR count). The van der Waals surface area contributed by atoms with Crippen LogP contribution in [0.2, 0.25) is 5.02 Å². The quantitative estimate of drug-likeness (QED) is 0.850. The molecule has 1 saturated carbocycles. The number of carbonyl (C=O) groups excluding carboxylic acids is 3. The number of carbonyl (C=O) groups is 3. The van der Waals surface area contributed by atoms with Crippen LogP contribution in [0.5, 0.6) is 0 Å². The molecular formula is C14H13ClN2O3. The fourth-order valence-electron chi connectivity index (χ4n) is 2.74. The van der Waals surface area contributed by atoms with E-state index in [1.54, 1.807) is 12.1 Å². The Bertz CT molecular complexity index is 608. The van der Waals surface area contributed by atoms with Crippen molar-refractivity contribution in [2.75, 3.05) is 0 Å². The van der Waals surface area contributed by atoms with Gasteiger partial charge in [-0.25, -0.2) is 0 Å². The zero-order chi connectivity index (χ0) is 14.3. The van der Waals surface area contributed by atoms with Gasteiger partial charge < -0.3 is 0 Å². The van der Waals surface area contributed by atoms with Gasteiger partial charge in [-0.15, -0.1) is 0 Å². The molecule has 1 aliphatic carbocycles. The molecule has 3 amide bonds. The van der Waals surface area contributed by atoms with Crippen molar-refractivity contribution in [3.63, 3.8) is 0 Å². The van der Waals surface area contributed by atoms with E-state index < -0.39 is 11.8 Å². The molecule has 6 heteroatoms. The standard InChI is InChI=1S/C14H13ClN2O3/c15-10-7-3-6-9-11(10)14(20)17(13(9)19)16-12(18)8-4-1-2-5-8/h3,6-8H,1-2,4-5H2,(H,16,18). The molecule has 1 aliphatic heterocycles. The number of nitrogens with zero attached hydrogens (tertiary/aromatic N) is 1. The zero-order valence-electron chi connectivity index (χ0n) is 10.7. The number of hydrazine groups is 1. The molecule has 0 aromatic heterocycles. The van der Waals surface area contributed by atoms with Crippen molar-refractivity contribution in [1.29, 1.82) is 0 Å². The third-order valence-electron chi connectivity index (χ3n) is 3.81. The van der Waals surface area contributed by atoms with Gasteiger partial charge in [0.25, 0.3) is 11.8 Å². The van der Waals surface area contributed by atoms with E-state index in [4.69, 9.17) is 11.6 Å². The minimum atomic E-state index is -0.568. The highest BCUT2D eigenvalue weighted by atomic mass is 35.5. The molecule has 20 heavy (non-hydrogen) atoms. The molecule has 1 fully saturated rings. The lowest BCUT2D eigenvalue weighted by atomic mass is 10.1. The van der Waals surface area contributed by atoms with Crippen molar-refractivity contribution in [2.24, 2.45) is 5.92 Å². The monoisotopic (exact) mass is 292 g/mol. The second kappa shape index (κ2) is 4.90. The molecule has 0 spiro atoms. The third-order valence-corrected chi connectivity index (χ3v) is 4.13. The van der Waals surface area contributed by atoms with Crippen LogP contribution in [0.15, 0.2) is 18.2 Å². The van der Waals surface area contributed by atoms with Gasteiger partial charge in [0.2, 0.25) is 5.91 Å². The van der Waals surface area contributed by atoms with Gasteiger partial charge in [0.15, 0.2) is 0 Å². The number of benzene rings is 1. The molecule has 0 unspecified atom stereocenters. The first-order valence-electron chi connectivity index (χ1n) is 6.57. The molecule has 1 aromatic carbocycles. The predicted octanol–water partition coefficient (Wildman–Crippen LogP) is 2.16. The average molecular weight is 293 g/mol. The van der Waals surface area contributed by atoms with Gasteiger partial charge >= 0.3 is 0 Å². The van der Waals surface area contributed by atoms with E-state index in [1.165, 1.54) is 6.07 Å². The lowest BCUT2D eigenvalue weighted by Gasteiger charge is -2.17. The van der Waals surface area contributed by atoms with Crippen LogP contribution in [0.25, 0.3) is 0 Å². The van der Waals surface area contributed by atoms with E-state index in [0.29, 0.717) is 0 Å². The summed E-state index contributed by atoms with van der Waals surface area (Å²) in [4.78, 5) is 36.4. The smallest absolute Gasteiger partial charge is 0.273 e. The molecule has 2 aliphatic rings. The van der Waals surface area contributed by atoms with Crippen molar-refractivity contribution in [2.45, 2.75) is 25.7 Å². The molecule has 0 bridgehead atoms. The van der Waals surface area contributed by atoms with Gasteiger partial charge in [-0.3, -0.25) is 19.8 Å². The topological polar surface area (TPSA) is 66.5 Å². The molecule has 0 saturated heterocycles. The number of rotatable bonds is 2. The van der Waals surface area contributed by atoms with E-state index in [0.717, 1.165) is 30.7 Å². The first-order chi connectivity index (χ1) is 9.59. The molecule has 1 N–H and O–H groups in total. The van der Waals surface area contributed by atoms with E-state index in [2.05, 4.69) is 5.43 Å². The van der Waals surface area contributed by atoms with Crippen molar-refractivity contribution in [3.8, 4) is 0 Å². The summed E-state index contributed by atoms with van der Waals surface area (Å²) in [5.41, 5.74) is 2.82. The van der Waals surface area contributed by atoms with Crippen molar-refractivity contribution >= 4 is 29.3 Å². The Morgan fingerprint density at radius 1 is 1.20 bits per heavy atom. The first-order valence-corrected chi connectivity index (χ1v) is 6.95. The van der Waals surface area contributed by atoms with Gasteiger partial charge in [-0.05, 0) is 25.0 Å². The number of fused-ring (bicyclic) bond motifs is 1. The Morgan fingerprint density at radius 2 is 1.90 bits per heavy atom. The molecule has 104 valence electrons. The maximum absolute atomic E-state index is 12.2. The SMILES string of the molecule is O=C(NN1C(=O)c2cccc(Cl)c2C1=O)C1CCCC1. The van der Waals surface area contributed by atoms with Crippen LogP contribution in [-0.2, 0) is 4.79 Å². The molecule has 1 aromatic rings.